The summed E-state index contributed by atoms with van der Waals surface area (Å²) in [6.45, 7) is 7.39. The van der Waals surface area contributed by atoms with Gasteiger partial charge in [-0.15, -0.1) is 0 Å². The van der Waals surface area contributed by atoms with Gasteiger partial charge in [-0.25, -0.2) is 4.99 Å². The molecule has 3 rings (SSSR count). The molecule has 1 aromatic rings. The van der Waals surface area contributed by atoms with Gasteiger partial charge in [0.05, 0.1) is 6.54 Å². The third-order valence-corrected chi connectivity index (χ3v) is 5.79. The topological polar surface area (TPSA) is 44.9 Å². The first kappa shape index (κ1) is 16.5. The molecule has 2 fully saturated rings. The van der Waals surface area contributed by atoms with Crippen molar-refractivity contribution in [1.29, 1.82) is 0 Å². The van der Waals surface area contributed by atoms with Gasteiger partial charge in [0, 0.05) is 43.4 Å². The molecular formula is C18H28N4S. The maximum Gasteiger partial charge on any atom is 0.191 e. The number of rotatable bonds is 3. The fourth-order valence-electron chi connectivity index (χ4n) is 3.14. The van der Waals surface area contributed by atoms with Gasteiger partial charge in [-0.2, -0.15) is 11.8 Å². The smallest absolute Gasteiger partial charge is 0.191 e. The Morgan fingerprint density at radius 3 is 2.43 bits per heavy atom. The number of likely N-dealkylation sites (tertiary alicyclic amines) is 1. The molecule has 2 N–H and O–H groups in total. The maximum absolute atomic E-state index is 6.15. The van der Waals surface area contributed by atoms with Crippen molar-refractivity contribution in [3.63, 3.8) is 0 Å². The fourth-order valence-corrected chi connectivity index (χ4v) is 4.05. The molecule has 0 atom stereocenters. The van der Waals surface area contributed by atoms with E-state index in [4.69, 9.17) is 5.73 Å². The van der Waals surface area contributed by atoms with Crippen LogP contribution in [0, 0.1) is 5.92 Å². The van der Waals surface area contributed by atoms with E-state index < -0.39 is 0 Å². The predicted molar refractivity (Wildman–Crippen MR) is 101 cm³/mol. The molecule has 0 spiro atoms. The lowest BCUT2D eigenvalue weighted by atomic mass is 10.00. The minimum atomic E-state index is 0.675. The number of hydrogen-bond acceptors (Lipinski definition) is 3. The van der Waals surface area contributed by atoms with Crippen molar-refractivity contribution < 1.29 is 0 Å². The summed E-state index contributed by atoms with van der Waals surface area (Å²) in [6.07, 6.45) is 2.44. The van der Waals surface area contributed by atoms with Crippen molar-refractivity contribution in [2.24, 2.45) is 16.6 Å². The summed E-state index contributed by atoms with van der Waals surface area (Å²) in [4.78, 5) is 9.28. The van der Waals surface area contributed by atoms with Gasteiger partial charge < -0.3 is 15.5 Å². The van der Waals surface area contributed by atoms with Crippen LogP contribution in [0.5, 0.6) is 0 Å². The third kappa shape index (κ3) is 4.56. The molecule has 0 aromatic heterocycles. The highest BCUT2D eigenvalue weighted by molar-refractivity contribution is 7.99. The number of piperidine rings is 1. The van der Waals surface area contributed by atoms with Crippen LogP contribution in [-0.2, 0) is 6.54 Å². The zero-order valence-corrected chi connectivity index (χ0v) is 14.9. The van der Waals surface area contributed by atoms with Crippen LogP contribution >= 0.6 is 11.8 Å². The Labute approximate surface area is 144 Å². The number of thioether (sulfide) groups is 1. The minimum Gasteiger partial charge on any atom is -0.370 e. The van der Waals surface area contributed by atoms with E-state index in [-0.39, 0.29) is 0 Å². The van der Waals surface area contributed by atoms with Gasteiger partial charge >= 0.3 is 0 Å². The number of hydrogen-bond donors (Lipinski definition) is 1. The summed E-state index contributed by atoms with van der Waals surface area (Å²) < 4.78 is 0. The Balaban J connectivity index is 1.54. The summed E-state index contributed by atoms with van der Waals surface area (Å²) in [5, 5.41) is 0. The normalized spacial score (nSPS) is 20.8. The summed E-state index contributed by atoms with van der Waals surface area (Å²) in [7, 11) is 0. The number of guanidine groups is 1. The third-order valence-electron chi connectivity index (χ3n) is 4.84. The molecule has 2 heterocycles. The fraction of sp³-hybridized carbons (Fsp3) is 0.611. The second-order valence-corrected chi connectivity index (χ2v) is 7.83. The zero-order valence-electron chi connectivity index (χ0n) is 14.1. The highest BCUT2D eigenvalue weighted by Crippen LogP contribution is 2.20. The van der Waals surface area contributed by atoms with Gasteiger partial charge in [-0.05, 0) is 36.5 Å². The Bertz CT molecular complexity index is 514. The molecule has 0 unspecified atom stereocenters. The van der Waals surface area contributed by atoms with Crippen LogP contribution in [0.25, 0.3) is 0 Å². The second kappa shape index (κ2) is 7.95. The van der Waals surface area contributed by atoms with Gasteiger partial charge in [-0.1, -0.05) is 19.1 Å². The molecule has 0 bridgehead atoms. The monoisotopic (exact) mass is 332 g/mol. The van der Waals surface area contributed by atoms with E-state index in [0.29, 0.717) is 12.5 Å². The van der Waals surface area contributed by atoms with E-state index in [2.05, 4.69) is 46.0 Å². The van der Waals surface area contributed by atoms with Crippen LogP contribution in [-0.4, -0.2) is 48.5 Å². The number of anilines is 1. The van der Waals surface area contributed by atoms with Crippen LogP contribution in [0.2, 0.25) is 0 Å². The molecule has 2 aliphatic heterocycles. The summed E-state index contributed by atoms with van der Waals surface area (Å²) in [6, 6.07) is 8.82. The average molecular weight is 333 g/mol. The van der Waals surface area contributed by atoms with Crippen LogP contribution < -0.4 is 10.6 Å². The summed E-state index contributed by atoms with van der Waals surface area (Å²) >= 11 is 2.04. The van der Waals surface area contributed by atoms with E-state index in [1.54, 1.807) is 0 Å². The Kier molecular flexibility index (Phi) is 5.70. The standard InChI is InChI=1S/C18H28N4S/c1-15-6-8-22(9-7-15)18(19)20-14-16-2-4-17(5-3-16)21-10-12-23-13-11-21/h2-5,15H,6-14H2,1H3,(H2,19,20). The molecule has 23 heavy (non-hydrogen) atoms. The molecule has 5 heteroatoms. The molecule has 1 aromatic carbocycles. The molecule has 2 aliphatic rings. The second-order valence-electron chi connectivity index (χ2n) is 6.61. The number of nitrogens with zero attached hydrogens (tertiary/aromatic N) is 3. The van der Waals surface area contributed by atoms with Crippen molar-refractivity contribution in [1.82, 2.24) is 4.90 Å². The van der Waals surface area contributed by atoms with Crippen molar-refractivity contribution >= 4 is 23.4 Å². The molecule has 126 valence electrons. The maximum atomic E-state index is 6.15. The lowest BCUT2D eigenvalue weighted by Gasteiger charge is -2.31. The molecular weight excluding hydrogens is 304 g/mol. The first-order valence-corrected chi connectivity index (χ1v) is 9.84. The van der Waals surface area contributed by atoms with Crippen molar-refractivity contribution in [2.75, 3.05) is 42.6 Å². The van der Waals surface area contributed by atoms with Gasteiger partial charge in [0.2, 0.25) is 0 Å². The van der Waals surface area contributed by atoms with E-state index in [0.717, 1.165) is 32.1 Å². The Morgan fingerprint density at radius 2 is 1.78 bits per heavy atom. The van der Waals surface area contributed by atoms with Crippen LogP contribution in [0.3, 0.4) is 0 Å². The molecule has 0 amide bonds. The van der Waals surface area contributed by atoms with Crippen molar-refractivity contribution in [3.8, 4) is 0 Å². The lowest BCUT2D eigenvalue weighted by Crippen LogP contribution is -2.42. The predicted octanol–water partition coefficient (Wildman–Crippen LogP) is 2.79. The Morgan fingerprint density at radius 1 is 1.13 bits per heavy atom. The lowest BCUT2D eigenvalue weighted by molar-refractivity contribution is 0.277. The van der Waals surface area contributed by atoms with Crippen molar-refractivity contribution in [3.05, 3.63) is 29.8 Å². The molecule has 4 nitrogen and oxygen atoms in total. The van der Waals surface area contributed by atoms with Crippen LogP contribution in [0.1, 0.15) is 25.3 Å². The molecule has 2 saturated heterocycles. The first-order chi connectivity index (χ1) is 11.2. The SMILES string of the molecule is CC1CCN(C(N)=NCc2ccc(N3CCSCC3)cc2)CC1. The van der Waals surface area contributed by atoms with Crippen LogP contribution in [0.4, 0.5) is 5.69 Å². The summed E-state index contributed by atoms with van der Waals surface area (Å²) in [5.74, 6) is 3.99. The number of aliphatic imine (C=N–C) groups is 1. The Hall–Kier alpha value is -1.36. The van der Waals surface area contributed by atoms with Crippen molar-refractivity contribution in [2.45, 2.75) is 26.3 Å². The zero-order chi connectivity index (χ0) is 16.1. The van der Waals surface area contributed by atoms with E-state index in [1.165, 1.54) is 35.6 Å². The average Bonchev–Trinajstić information content (AvgIpc) is 2.61. The quantitative estimate of drug-likeness (QED) is 0.683. The van der Waals surface area contributed by atoms with Gasteiger partial charge in [0.15, 0.2) is 5.96 Å². The first-order valence-electron chi connectivity index (χ1n) is 8.69. The van der Waals surface area contributed by atoms with E-state index in [9.17, 15) is 0 Å². The van der Waals surface area contributed by atoms with E-state index >= 15 is 0 Å². The minimum absolute atomic E-state index is 0.675. The van der Waals surface area contributed by atoms with Gasteiger partial charge in [-0.3, -0.25) is 0 Å². The number of nitrogens with two attached hydrogens (primary N) is 1. The molecule has 0 radical (unpaired) electrons. The van der Waals surface area contributed by atoms with Gasteiger partial charge in [0.25, 0.3) is 0 Å². The molecule has 0 saturated carbocycles. The molecule has 0 aliphatic carbocycles. The summed E-state index contributed by atoms with van der Waals surface area (Å²) in [5.41, 5.74) is 8.71. The van der Waals surface area contributed by atoms with Gasteiger partial charge in [0.1, 0.15) is 0 Å². The highest BCUT2D eigenvalue weighted by atomic mass is 32.2. The highest BCUT2D eigenvalue weighted by Gasteiger charge is 2.16. The largest absolute Gasteiger partial charge is 0.370 e. The van der Waals surface area contributed by atoms with E-state index in [1.807, 2.05) is 11.8 Å². The van der Waals surface area contributed by atoms with Crippen LogP contribution in [0.15, 0.2) is 29.3 Å². The number of benzene rings is 1.